The molecule has 1 heterocycles. The fraction of sp³-hybridized carbons (Fsp3) is 0.600. The lowest BCUT2D eigenvalue weighted by atomic mass is 9.48. The summed E-state index contributed by atoms with van der Waals surface area (Å²) < 4.78 is 30.2. The number of rotatable bonds is 6. The van der Waals surface area contributed by atoms with Crippen molar-refractivity contribution in [2.75, 3.05) is 6.61 Å². The molecule has 3 fully saturated rings. The number of epoxide rings is 1. The molecule has 1 N–H and O–H groups in total. The average molecular weight is 625 g/mol. The summed E-state index contributed by atoms with van der Waals surface area (Å²) in [5, 5.41) is 12.4. The van der Waals surface area contributed by atoms with Crippen molar-refractivity contribution in [3.05, 3.63) is 53.1 Å². The lowest BCUT2D eigenvalue weighted by Crippen LogP contribution is -2.68. The largest absolute Gasteiger partial charge is 0.462 e. The highest BCUT2D eigenvalue weighted by molar-refractivity contribution is 5.87. The van der Waals surface area contributed by atoms with Crippen LogP contribution >= 0.6 is 0 Å². The van der Waals surface area contributed by atoms with Gasteiger partial charge >= 0.3 is 23.9 Å². The van der Waals surface area contributed by atoms with E-state index in [9.17, 15) is 24.3 Å². The molecule has 5 rings (SSSR count). The third kappa shape index (κ3) is 5.94. The van der Waals surface area contributed by atoms with Crippen LogP contribution in [0, 0.1) is 22.7 Å². The van der Waals surface area contributed by atoms with Gasteiger partial charge in [-0.15, -0.1) is 0 Å². The predicted octanol–water partition coefficient (Wildman–Crippen LogP) is 4.33. The maximum atomic E-state index is 13.1. The van der Waals surface area contributed by atoms with Crippen molar-refractivity contribution >= 4 is 30.0 Å². The second-order valence-corrected chi connectivity index (χ2v) is 13.7. The molecule has 2 saturated carbocycles. The monoisotopic (exact) mass is 624 g/mol. The molecule has 1 aromatic carbocycles. The number of carbonyl (C=O) groups excluding carboxylic acids is 4. The van der Waals surface area contributed by atoms with Gasteiger partial charge in [0.15, 0.2) is 6.10 Å². The van der Waals surface area contributed by atoms with Crippen LogP contribution < -0.4 is 0 Å². The number of ether oxygens (including phenoxy) is 5. The lowest BCUT2D eigenvalue weighted by Gasteiger charge is -2.60. The molecule has 9 atom stereocenters. The minimum Gasteiger partial charge on any atom is -0.462 e. The second kappa shape index (κ2) is 12.0. The van der Waals surface area contributed by atoms with E-state index in [1.165, 1.54) is 26.8 Å². The molecule has 10 nitrogen and oxygen atoms in total. The normalized spacial score (nSPS) is 36.8. The van der Waals surface area contributed by atoms with E-state index in [1.54, 1.807) is 6.08 Å². The summed E-state index contributed by atoms with van der Waals surface area (Å²) in [7, 11) is 0. The van der Waals surface area contributed by atoms with E-state index < -0.39 is 82.7 Å². The molecule has 45 heavy (non-hydrogen) atoms. The molecule has 0 unspecified atom stereocenters. The fourth-order valence-corrected chi connectivity index (χ4v) is 8.54. The maximum Gasteiger partial charge on any atom is 0.331 e. The molecular weight excluding hydrogens is 580 g/mol. The highest BCUT2D eigenvalue weighted by Crippen LogP contribution is 2.65. The first-order valence-corrected chi connectivity index (χ1v) is 15.6. The second-order valence-electron chi connectivity index (χ2n) is 13.7. The Morgan fingerprint density at radius 1 is 0.933 bits per heavy atom. The Morgan fingerprint density at radius 3 is 2.13 bits per heavy atom. The topological polar surface area (TPSA) is 138 Å². The Kier molecular flexibility index (Phi) is 8.78. The third-order valence-electron chi connectivity index (χ3n) is 10.5. The molecule has 1 saturated heterocycles. The number of hydrogen-bond acceptors (Lipinski definition) is 10. The number of aliphatic hydroxyl groups excluding tert-OH is 1. The number of carbonyl (C=O) groups is 4. The van der Waals surface area contributed by atoms with Crippen LogP contribution in [0.25, 0.3) is 6.08 Å². The van der Waals surface area contributed by atoms with Crippen molar-refractivity contribution in [3.63, 3.8) is 0 Å². The van der Waals surface area contributed by atoms with Gasteiger partial charge in [-0.25, -0.2) is 4.79 Å². The summed E-state index contributed by atoms with van der Waals surface area (Å²) in [6.07, 6.45) is -0.391. The molecule has 1 spiro atoms. The molecule has 10 heteroatoms. The molecule has 244 valence electrons. The molecule has 2 bridgehead atoms. The van der Waals surface area contributed by atoms with E-state index in [1.807, 2.05) is 58.0 Å². The molecule has 0 amide bonds. The minimum atomic E-state index is -1.25. The molecule has 3 aliphatic carbocycles. The number of hydrogen-bond donors (Lipinski definition) is 1. The Bertz CT molecular complexity index is 1410. The first kappa shape index (κ1) is 32.9. The molecule has 1 aromatic rings. The number of esters is 4. The van der Waals surface area contributed by atoms with Crippen LogP contribution in [0.3, 0.4) is 0 Å². The Hall–Kier alpha value is -3.50. The first-order chi connectivity index (χ1) is 21.1. The van der Waals surface area contributed by atoms with E-state index >= 15 is 0 Å². The molecular formula is C35H44O10. The lowest BCUT2D eigenvalue weighted by molar-refractivity contribution is -0.222. The van der Waals surface area contributed by atoms with Crippen LogP contribution in [0.2, 0.25) is 0 Å². The van der Waals surface area contributed by atoms with E-state index in [4.69, 9.17) is 23.7 Å². The van der Waals surface area contributed by atoms with Gasteiger partial charge in [-0.3, -0.25) is 14.4 Å². The zero-order chi connectivity index (χ0) is 32.9. The summed E-state index contributed by atoms with van der Waals surface area (Å²) >= 11 is 0. The summed E-state index contributed by atoms with van der Waals surface area (Å²) in [5.74, 6) is -3.19. The fourth-order valence-electron chi connectivity index (χ4n) is 8.54. The summed E-state index contributed by atoms with van der Waals surface area (Å²) in [6, 6.07) is 9.39. The molecule has 4 aliphatic rings. The van der Waals surface area contributed by atoms with Gasteiger partial charge in [0.05, 0.1) is 6.61 Å². The van der Waals surface area contributed by atoms with Gasteiger partial charge < -0.3 is 28.8 Å². The van der Waals surface area contributed by atoms with Gasteiger partial charge in [0.1, 0.15) is 30.0 Å². The average Bonchev–Trinajstić information content (AvgIpc) is 3.74. The highest BCUT2D eigenvalue weighted by Gasteiger charge is 2.74. The number of fused-ring (bicyclic) bond motifs is 4. The third-order valence-corrected chi connectivity index (χ3v) is 10.5. The van der Waals surface area contributed by atoms with Gasteiger partial charge in [-0.1, -0.05) is 51.1 Å². The Morgan fingerprint density at radius 2 is 1.56 bits per heavy atom. The van der Waals surface area contributed by atoms with Gasteiger partial charge in [-0.2, -0.15) is 0 Å². The van der Waals surface area contributed by atoms with Crippen molar-refractivity contribution in [3.8, 4) is 0 Å². The van der Waals surface area contributed by atoms with E-state index in [0.29, 0.717) is 30.4 Å². The van der Waals surface area contributed by atoms with E-state index in [0.717, 1.165) is 5.56 Å². The number of benzene rings is 1. The van der Waals surface area contributed by atoms with Crippen molar-refractivity contribution < 1.29 is 48.0 Å². The Balaban J connectivity index is 1.62. The van der Waals surface area contributed by atoms with Crippen molar-refractivity contribution in [2.24, 2.45) is 22.7 Å². The quantitative estimate of drug-likeness (QED) is 0.160. The van der Waals surface area contributed by atoms with Gasteiger partial charge in [0, 0.05) is 44.1 Å². The van der Waals surface area contributed by atoms with Crippen LogP contribution in [0.4, 0.5) is 0 Å². The maximum absolute atomic E-state index is 13.1. The standard InChI is InChI=1S/C35H44O10/c1-19-25(42-20(2)36)17-24-29(43-21(3)37)31-34(7,32(40)30(44-22(4)38)28(19)33(24,5)6)16-15-26(35(31)18-41-35)45-27(39)14-13-23-11-9-8-10-12-23/h8-14,24-26,29-32,40H,15-18H2,1-7H3/t24-,25-,26-,29+,30+,31-,32-,34-,35+/m0/s1. The highest BCUT2D eigenvalue weighted by atomic mass is 16.6. The van der Waals surface area contributed by atoms with Crippen LogP contribution in [0.15, 0.2) is 47.6 Å². The minimum absolute atomic E-state index is 0.221. The van der Waals surface area contributed by atoms with Gasteiger partial charge in [0.2, 0.25) is 0 Å². The SMILES string of the molecule is CC(=O)O[C@@H]1[C@@H]2C[C@H](OC(C)=O)C(C)=C([C@@H](OC(C)=O)[C@H](O)[C@@]3(C)CC[C@H](OC(=O)C=Cc4ccccc4)[C@]4(CO4)[C@@H]13)C2(C)C. The molecule has 1 aliphatic heterocycles. The number of aliphatic hydroxyl groups is 1. The summed E-state index contributed by atoms with van der Waals surface area (Å²) in [6.45, 7) is 11.9. The smallest absolute Gasteiger partial charge is 0.331 e. The van der Waals surface area contributed by atoms with E-state index in [-0.39, 0.29) is 6.61 Å². The van der Waals surface area contributed by atoms with Crippen LogP contribution in [0.5, 0.6) is 0 Å². The molecule has 0 radical (unpaired) electrons. The predicted molar refractivity (Wildman–Crippen MR) is 162 cm³/mol. The van der Waals surface area contributed by atoms with Crippen LogP contribution in [-0.4, -0.2) is 71.7 Å². The van der Waals surface area contributed by atoms with Crippen LogP contribution in [0.1, 0.15) is 73.3 Å². The van der Waals surface area contributed by atoms with Crippen molar-refractivity contribution in [2.45, 2.75) is 104 Å². The van der Waals surface area contributed by atoms with E-state index in [2.05, 4.69) is 0 Å². The summed E-state index contributed by atoms with van der Waals surface area (Å²) in [5.41, 5.74) is -0.638. The van der Waals surface area contributed by atoms with Crippen molar-refractivity contribution in [1.29, 1.82) is 0 Å². The Labute approximate surface area is 264 Å². The van der Waals surface area contributed by atoms with Gasteiger partial charge in [0.25, 0.3) is 0 Å². The first-order valence-electron chi connectivity index (χ1n) is 15.6. The zero-order valence-corrected chi connectivity index (χ0v) is 27.0. The van der Waals surface area contributed by atoms with Crippen molar-refractivity contribution in [1.82, 2.24) is 0 Å². The molecule has 0 aromatic heterocycles. The summed E-state index contributed by atoms with van der Waals surface area (Å²) in [4.78, 5) is 50.7. The van der Waals surface area contributed by atoms with Gasteiger partial charge in [-0.05, 0) is 54.4 Å². The van der Waals surface area contributed by atoms with Crippen LogP contribution in [-0.2, 0) is 42.9 Å². The zero-order valence-electron chi connectivity index (χ0n) is 27.0.